The van der Waals surface area contributed by atoms with E-state index in [9.17, 15) is 14.9 Å². The topological polar surface area (TPSA) is 122 Å². The molecule has 0 saturated carbocycles. The van der Waals surface area contributed by atoms with Crippen LogP contribution in [-0.2, 0) is 9.53 Å². The molecule has 1 aliphatic heterocycles. The Morgan fingerprint density at radius 3 is 2.36 bits per heavy atom. The van der Waals surface area contributed by atoms with E-state index in [-0.39, 0.29) is 41.2 Å². The summed E-state index contributed by atoms with van der Waals surface area (Å²) >= 11 is 0. The van der Waals surface area contributed by atoms with Crippen LogP contribution in [0.15, 0.2) is 24.3 Å². The Morgan fingerprint density at radius 2 is 2.00 bits per heavy atom. The maximum absolute atomic E-state index is 10.5. The molecule has 0 bridgehead atoms. The quantitative estimate of drug-likeness (QED) is 0.157. The van der Waals surface area contributed by atoms with Crippen molar-refractivity contribution in [3.05, 3.63) is 34.4 Å². The molecular weight excluding hydrogens is 301 g/mol. The van der Waals surface area contributed by atoms with E-state index in [1.54, 1.807) is 12.1 Å². The van der Waals surface area contributed by atoms with E-state index in [4.69, 9.17) is 10.8 Å². The number of ether oxygens (including phenoxy) is 1. The van der Waals surface area contributed by atoms with E-state index < -0.39 is 4.92 Å². The van der Waals surface area contributed by atoms with Crippen molar-refractivity contribution in [2.45, 2.75) is 6.42 Å². The van der Waals surface area contributed by atoms with Crippen LogP contribution < -0.4 is 40.4 Å². The van der Waals surface area contributed by atoms with E-state index in [1.807, 2.05) is 0 Å². The minimum atomic E-state index is -0.476. The van der Waals surface area contributed by atoms with Gasteiger partial charge in [0.15, 0.2) is 0 Å². The van der Waals surface area contributed by atoms with Crippen molar-refractivity contribution in [2.75, 3.05) is 39.6 Å². The third-order valence-electron chi connectivity index (χ3n) is 2.48. The molecule has 0 atom stereocenters. The first kappa shape index (κ1) is 23.1. The van der Waals surface area contributed by atoms with Crippen LogP contribution in [-0.4, -0.2) is 49.6 Å². The van der Waals surface area contributed by atoms with Gasteiger partial charge in [0.25, 0.3) is 5.69 Å². The Bertz CT molecular complexity index is 455. The largest absolute Gasteiger partial charge is 1.00 e. The molecule has 22 heavy (non-hydrogen) atoms. The van der Waals surface area contributed by atoms with Crippen molar-refractivity contribution in [1.82, 2.24) is 4.90 Å². The summed E-state index contributed by atoms with van der Waals surface area (Å²) in [6.07, 6.45) is 0.538. The van der Waals surface area contributed by atoms with E-state index in [2.05, 4.69) is 9.64 Å². The number of benzene rings is 1. The number of nitrogens with two attached hydrogens (primary N) is 1. The van der Waals surface area contributed by atoms with Gasteiger partial charge in [-0.15, -0.1) is 0 Å². The van der Waals surface area contributed by atoms with Crippen LogP contribution in [0.2, 0.25) is 0 Å². The first-order chi connectivity index (χ1) is 10.0. The van der Waals surface area contributed by atoms with Gasteiger partial charge in [0, 0.05) is 37.5 Å². The molecule has 1 saturated heterocycles. The second kappa shape index (κ2) is 13.5. The molecule has 118 valence electrons. The molecule has 1 heterocycles. The van der Waals surface area contributed by atoms with Crippen molar-refractivity contribution < 1.29 is 49.1 Å². The Kier molecular flexibility index (Phi) is 14.1. The fraction of sp³-hybridized carbons (Fsp3) is 0.462. The molecular formula is C13H20N3NaO5. The molecule has 1 aliphatic rings. The Labute approximate surface area is 151 Å². The predicted octanol–water partition coefficient (Wildman–Crippen LogP) is -2.98. The fourth-order valence-corrected chi connectivity index (χ4v) is 1.28. The smallest absolute Gasteiger partial charge is 0.857 e. The summed E-state index contributed by atoms with van der Waals surface area (Å²) in [5.74, 6) is -0.109. The molecule has 1 aromatic rings. The molecule has 0 aromatic heterocycles. The predicted molar refractivity (Wildman–Crippen MR) is 76.5 cm³/mol. The van der Waals surface area contributed by atoms with Gasteiger partial charge in [0.1, 0.15) is 0 Å². The third kappa shape index (κ3) is 11.5. The molecule has 2 rings (SSSR count). The molecule has 9 heteroatoms. The summed E-state index contributed by atoms with van der Waals surface area (Å²) < 4.78 is 4.46. The number of carbonyl (C=O) groups excluding carboxylic acids is 1. The molecule has 1 fully saturated rings. The van der Waals surface area contributed by atoms with Crippen LogP contribution in [0, 0.1) is 10.1 Å². The number of hydrogen-bond acceptors (Lipinski definition) is 7. The zero-order valence-corrected chi connectivity index (χ0v) is 15.2. The summed E-state index contributed by atoms with van der Waals surface area (Å²) in [6, 6.07) is 5.87. The Balaban J connectivity index is 0. The number of hydrogen-bond donors (Lipinski definition) is 1. The maximum atomic E-state index is 10.5. The number of esters is 1. The molecule has 0 spiro atoms. The van der Waals surface area contributed by atoms with Gasteiger partial charge >= 0.3 is 35.5 Å². The van der Waals surface area contributed by atoms with Crippen LogP contribution in [0.5, 0.6) is 0 Å². The molecule has 8 nitrogen and oxygen atoms in total. The minimum absolute atomic E-state index is 0. The van der Waals surface area contributed by atoms with Crippen molar-refractivity contribution in [3.8, 4) is 0 Å². The van der Waals surface area contributed by atoms with Crippen LogP contribution >= 0.6 is 0 Å². The summed E-state index contributed by atoms with van der Waals surface area (Å²) in [6.45, 7) is 3.17. The summed E-state index contributed by atoms with van der Waals surface area (Å²) in [5.41, 5.74) is 5.73. The second-order valence-electron chi connectivity index (χ2n) is 4.02. The average Bonchev–Trinajstić information content (AvgIpc) is 3.31. The van der Waals surface area contributed by atoms with E-state index in [1.165, 1.54) is 19.2 Å². The molecule has 1 aromatic carbocycles. The van der Waals surface area contributed by atoms with Crippen LogP contribution in [0.4, 0.5) is 11.4 Å². The van der Waals surface area contributed by atoms with E-state index in [0.717, 1.165) is 26.7 Å². The minimum Gasteiger partial charge on any atom is -0.857 e. The van der Waals surface area contributed by atoms with E-state index in [0.29, 0.717) is 12.1 Å². The van der Waals surface area contributed by atoms with Gasteiger partial charge in [-0.25, -0.2) is 0 Å². The summed E-state index contributed by atoms with van der Waals surface area (Å²) in [5, 5.41) is 18.4. The molecule has 0 radical (unpaired) electrons. The zero-order valence-electron chi connectivity index (χ0n) is 13.2. The van der Waals surface area contributed by atoms with Gasteiger partial charge in [-0.3, -0.25) is 14.9 Å². The van der Waals surface area contributed by atoms with E-state index >= 15 is 0 Å². The number of nitrogens with zero attached hydrogens (tertiary/aromatic N) is 2. The average molecular weight is 321 g/mol. The number of nitro groups is 1. The van der Waals surface area contributed by atoms with Crippen LogP contribution in [0.3, 0.4) is 0 Å². The number of rotatable bonds is 4. The second-order valence-corrected chi connectivity index (χ2v) is 4.02. The maximum Gasteiger partial charge on any atom is 1.00 e. The molecule has 2 N–H and O–H groups in total. The number of methoxy groups -OCH3 is 1. The number of anilines is 1. The van der Waals surface area contributed by atoms with Gasteiger partial charge in [-0.05, 0) is 6.07 Å². The van der Waals surface area contributed by atoms with Crippen LogP contribution in [0.25, 0.3) is 0 Å². The normalized spacial score (nSPS) is 11.6. The first-order valence-corrected chi connectivity index (χ1v) is 6.23. The summed E-state index contributed by atoms with van der Waals surface area (Å²) in [7, 11) is 2.17. The number of non-ortho nitro benzene ring substituents is 1. The SMILES string of the molecule is COC(=O)CCN1CC1.C[O-].Nc1cccc([N+](=O)[O-])c1.[Na+]. The molecule has 0 unspecified atom stereocenters. The molecule has 0 aliphatic carbocycles. The zero-order chi connectivity index (χ0) is 16.3. The van der Waals surface area contributed by atoms with Gasteiger partial charge < -0.3 is 20.5 Å². The Morgan fingerprint density at radius 1 is 1.41 bits per heavy atom. The van der Waals surface area contributed by atoms with Crippen molar-refractivity contribution in [1.29, 1.82) is 0 Å². The first-order valence-electron chi connectivity index (χ1n) is 6.23. The third-order valence-corrected chi connectivity index (χ3v) is 2.48. The number of carbonyl (C=O) groups is 1. The number of nitro benzene ring substituents is 1. The van der Waals surface area contributed by atoms with Crippen LogP contribution in [0.1, 0.15) is 6.42 Å². The Hall–Kier alpha value is -1.19. The fourth-order valence-electron chi connectivity index (χ4n) is 1.28. The van der Waals surface area contributed by atoms with Gasteiger partial charge in [0.2, 0.25) is 0 Å². The monoisotopic (exact) mass is 321 g/mol. The van der Waals surface area contributed by atoms with Gasteiger partial charge in [0.05, 0.1) is 18.5 Å². The van der Waals surface area contributed by atoms with Gasteiger partial charge in [-0.1, -0.05) is 6.07 Å². The summed E-state index contributed by atoms with van der Waals surface area (Å²) in [4.78, 5) is 22.3. The van der Waals surface area contributed by atoms with Crippen molar-refractivity contribution >= 4 is 17.3 Å². The standard InChI is InChI=1S/C6H6N2O2.C6H11NO2.CH3O.Na/c7-5-2-1-3-6(4-5)8(9)10;1-9-6(8)2-3-7-4-5-7;1-2;/h1-4H,7H2;2-5H2,1H3;1H3;/q;;-1;+1. The van der Waals surface area contributed by atoms with Gasteiger partial charge in [-0.2, -0.15) is 7.11 Å². The van der Waals surface area contributed by atoms with Crippen molar-refractivity contribution in [2.24, 2.45) is 0 Å². The van der Waals surface area contributed by atoms with Crippen molar-refractivity contribution in [3.63, 3.8) is 0 Å². The molecule has 0 amide bonds. The number of nitrogen functional groups attached to an aromatic ring is 1.